The lowest BCUT2D eigenvalue weighted by atomic mass is 10.0. The Balaban J connectivity index is 2.44. The van der Waals surface area contributed by atoms with Gasteiger partial charge in [0.1, 0.15) is 0 Å². The Hall–Kier alpha value is -0.760. The minimum absolute atomic E-state index is 0.0170. The van der Waals surface area contributed by atoms with Crippen molar-refractivity contribution in [3.05, 3.63) is 0 Å². The van der Waals surface area contributed by atoms with E-state index < -0.39 is 26.6 Å². The lowest BCUT2D eigenvalue weighted by Gasteiger charge is -2.23. The molecule has 1 saturated heterocycles. The van der Waals surface area contributed by atoms with Crippen LogP contribution in [-0.4, -0.2) is 53.4 Å². The van der Waals surface area contributed by atoms with E-state index in [-0.39, 0.29) is 23.2 Å². The highest BCUT2D eigenvalue weighted by Gasteiger charge is 2.39. The van der Waals surface area contributed by atoms with Crippen LogP contribution in [0.3, 0.4) is 0 Å². The standard InChI is InChI=1S/C10H17NO5S2/c1-7(9(13)14)17-5-8(12)11-10(2)3-4-18(15,16)6-10/h7H,3-6H2,1-2H3,(H,11,12)(H,13,14). The van der Waals surface area contributed by atoms with Crippen LogP contribution < -0.4 is 5.32 Å². The second kappa shape index (κ2) is 5.48. The molecule has 0 aromatic rings. The predicted molar refractivity (Wildman–Crippen MR) is 69.4 cm³/mol. The van der Waals surface area contributed by atoms with E-state index in [1.54, 1.807) is 6.92 Å². The highest BCUT2D eigenvalue weighted by molar-refractivity contribution is 8.01. The third-order valence-corrected chi connectivity index (χ3v) is 5.79. The molecule has 1 fully saturated rings. The van der Waals surface area contributed by atoms with E-state index in [2.05, 4.69) is 5.32 Å². The fourth-order valence-corrected chi connectivity index (χ4v) is 4.46. The molecule has 6 nitrogen and oxygen atoms in total. The molecule has 0 radical (unpaired) electrons. The summed E-state index contributed by atoms with van der Waals surface area (Å²) in [7, 11) is -3.06. The second-order valence-electron chi connectivity index (χ2n) is 4.74. The summed E-state index contributed by atoms with van der Waals surface area (Å²) in [5.41, 5.74) is -0.719. The van der Waals surface area contributed by atoms with Crippen LogP contribution in [0.2, 0.25) is 0 Å². The first kappa shape index (κ1) is 15.3. The molecule has 2 unspecified atom stereocenters. The van der Waals surface area contributed by atoms with Crippen molar-refractivity contribution in [3.63, 3.8) is 0 Å². The van der Waals surface area contributed by atoms with E-state index in [1.165, 1.54) is 6.92 Å². The number of amides is 1. The summed E-state index contributed by atoms with van der Waals surface area (Å²) >= 11 is 1.01. The van der Waals surface area contributed by atoms with Crippen LogP contribution in [0.1, 0.15) is 20.3 Å². The molecule has 0 bridgehead atoms. The van der Waals surface area contributed by atoms with E-state index in [0.29, 0.717) is 6.42 Å². The van der Waals surface area contributed by atoms with Gasteiger partial charge in [0.25, 0.3) is 0 Å². The highest BCUT2D eigenvalue weighted by atomic mass is 32.2. The maximum atomic E-state index is 11.6. The third-order valence-electron chi connectivity index (χ3n) is 2.76. The molecule has 1 heterocycles. The molecule has 2 N–H and O–H groups in total. The van der Waals surface area contributed by atoms with E-state index >= 15 is 0 Å². The van der Waals surface area contributed by atoms with Gasteiger partial charge in [-0.1, -0.05) is 0 Å². The maximum absolute atomic E-state index is 11.6. The lowest BCUT2D eigenvalue weighted by Crippen LogP contribution is -2.47. The van der Waals surface area contributed by atoms with Crippen molar-refractivity contribution in [2.75, 3.05) is 17.3 Å². The zero-order valence-electron chi connectivity index (χ0n) is 10.3. The van der Waals surface area contributed by atoms with Gasteiger partial charge in [-0.3, -0.25) is 9.59 Å². The molecule has 0 aromatic heterocycles. The molecule has 2 atom stereocenters. The number of carboxylic acid groups (broad SMARTS) is 1. The molecule has 8 heteroatoms. The first-order valence-electron chi connectivity index (χ1n) is 5.49. The molecule has 0 aliphatic carbocycles. The van der Waals surface area contributed by atoms with Crippen molar-refractivity contribution in [2.24, 2.45) is 0 Å². The molecule has 1 aliphatic rings. The Morgan fingerprint density at radius 2 is 2.11 bits per heavy atom. The number of carbonyl (C=O) groups excluding carboxylic acids is 1. The first-order valence-corrected chi connectivity index (χ1v) is 8.36. The van der Waals surface area contributed by atoms with E-state index in [4.69, 9.17) is 5.11 Å². The van der Waals surface area contributed by atoms with Crippen molar-refractivity contribution in [3.8, 4) is 0 Å². The van der Waals surface area contributed by atoms with Crippen molar-refractivity contribution in [1.82, 2.24) is 5.32 Å². The molecule has 1 rings (SSSR count). The predicted octanol–water partition coefficient (Wildman–Crippen LogP) is -0.114. The Labute approximate surface area is 110 Å². The van der Waals surface area contributed by atoms with Gasteiger partial charge in [-0.2, -0.15) is 0 Å². The van der Waals surface area contributed by atoms with Crippen LogP contribution in [0.5, 0.6) is 0 Å². The number of aliphatic carboxylic acids is 1. The minimum atomic E-state index is -3.06. The largest absolute Gasteiger partial charge is 0.480 e. The first-order chi connectivity index (χ1) is 8.14. The molecule has 0 saturated carbocycles. The summed E-state index contributed by atoms with van der Waals surface area (Å²) in [6.07, 6.45) is 0.403. The topological polar surface area (TPSA) is 101 Å². The molecule has 18 heavy (non-hydrogen) atoms. The fraction of sp³-hybridized carbons (Fsp3) is 0.800. The Morgan fingerprint density at radius 3 is 2.56 bits per heavy atom. The summed E-state index contributed by atoms with van der Waals surface area (Å²) in [5, 5.41) is 10.7. The number of hydrogen-bond donors (Lipinski definition) is 2. The number of sulfone groups is 1. The van der Waals surface area contributed by atoms with Crippen LogP contribution in [0.25, 0.3) is 0 Å². The van der Waals surface area contributed by atoms with Crippen molar-refractivity contribution in [2.45, 2.75) is 31.1 Å². The summed E-state index contributed by atoms with van der Waals surface area (Å²) in [6, 6.07) is 0. The van der Waals surface area contributed by atoms with Gasteiger partial charge in [-0.25, -0.2) is 8.42 Å². The maximum Gasteiger partial charge on any atom is 0.316 e. The average Bonchev–Trinajstić information content (AvgIpc) is 2.49. The van der Waals surface area contributed by atoms with Gasteiger partial charge in [-0.05, 0) is 20.3 Å². The molecule has 0 spiro atoms. The number of thioether (sulfide) groups is 1. The van der Waals surface area contributed by atoms with Gasteiger partial charge >= 0.3 is 5.97 Å². The zero-order valence-corrected chi connectivity index (χ0v) is 11.9. The number of nitrogens with one attached hydrogen (secondary N) is 1. The number of hydrogen-bond acceptors (Lipinski definition) is 5. The monoisotopic (exact) mass is 295 g/mol. The number of carbonyl (C=O) groups is 2. The van der Waals surface area contributed by atoms with Crippen LogP contribution in [0.15, 0.2) is 0 Å². The molecule has 1 amide bonds. The molecule has 1 aliphatic heterocycles. The number of carboxylic acids is 1. The summed E-state index contributed by atoms with van der Waals surface area (Å²) < 4.78 is 22.7. The Morgan fingerprint density at radius 1 is 1.50 bits per heavy atom. The van der Waals surface area contributed by atoms with Crippen LogP contribution >= 0.6 is 11.8 Å². The van der Waals surface area contributed by atoms with E-state index in [0.717, 1.165) is 11.8 Å². The lowest BCUT2D eigenvalue weighted by molar-refractivity contribution is -0.136. The zero-order chi connectivity index (χ0) is 14.0. The Kier molecular flexibility index (Phi) is 4.66. The van der Waals surface area contributed by atoms with Gasteiger partial charge in [-0.15, -0.1) is 11.8 Å². The minimum Gasteiger partial charge on any atom is -0.480 e. The summed E-state index contributed by atoms with van der Waals surface area (Å²) in [5.74, 6) is -1.24. The van der Waals surface area contributed by atoms with Crippen molar-refractivity contribution < 1.29 is 23.1 Å². The summed E-state index contributed by atoms with van der Waals surface area (Å²) in [4.78, 5) is 22.2. The third kappa shape index (κ3) is 4.49. The van der Waals surface area contributed by atoms with E-state index in [9.17, 15) is 18.0 Å². The molecule has 0 aromatic carbocycles. The smallest absolute Gasteiger partial charge is 0.316 e. The van der Waals surface area contributed by atoms with Gasteiger partial charge in [0, 0.05) is 0 Å². The normalized spacial score (nSPS) is 27.7. The molecule has 104 valence electrons. The number of rotatable bonds is 5. The van der Waals surface area contributed by atoms with Crippen LogP contribution in [0.4, 0.5) is 0 Å². The average molecular weight is 295 g/mol. The quantitative estimate of drug-likeness (QED) is 0.734. The fourth-order valence-electron chi connectivity index (χ4n) is 1.75. The van der Waals surface area contributed by atoms with Gasteiger partial charge < -0.3 is 10.4 Å². The highest BCUT2D eigenvalue weighted by Crippen LogP contribution is 2.23. The van der Waals surface area contributed by atoms with Gasteiger partial charge in [0.15, 0.2) is 9.84 Å². The second-order valence-corrected chi connectivity index (χ2v) is 8.26. The van der Waals surface area contributed by atoms with Gasteiger partial charge in [0.05, 0.1) is 28.0 Å². The van der Waals surface area contributed by atoms with E-state index in [1.807, 2.05) is 0 Å². The Bertz CT molecular complexity index is 447. The van der Waals surface area contributed by atoms with Crippen molar-refractivity contribution >= 4 is 33.5 Å². The van der Waals surface area contributed by atoms with Crippen molar-refractivity contribution in [1.29, 1.82) is 0 Å². The van der Waals surface area contributed by atoms with Crippen LogP contribution in [0, 0.1) is 0 Å². The molecular formula is C10H17NO5S2. The van der Waals surface area contributed by atoms with Crippen LogP contribution in [-0.2, 0) is 19.4 Å². The summed E-state index contributed by atoms with van der Waals surface area (Å²) in [6.45, 7) is 3.20. The van der Waals surface area contributed by atoms with Gasteiger partial charge in [0.2, 0.25) is 5.91 Å². The molecular weight excluding hydrogens is 278 g/mol. The SMILES string of the molecule is CC(SCC(=O)NC1(C)CCS(=O)(=O)C1)C(=O)O.